The SMILES string of the molecule is Cc1cccc(CN)c1Sc1nnnn1-c1ccccc1. The zero-order chi connectivity index (χ0) is 14.7. The fraction of sp³-hybridized carbons (Fsp3) is 0.133. The number of hydrogen-bond acceptors (Lipinski definition) is 5. The molecule has 6 heteroatoms. The number of tetrazole rings is 1. The van der Waals surface area contributed by atoms with Gasteiger partial charge in [0.25, 0.3) is 0 Å². The second kappa shape index (κ2) is 6.07. The van der Waals surface area contributed by atoms with Crippen molar-refractivity contribution in [2.24, 2.45) is 5.73 Å². The average molecular weight is 297 g/mol. The largest absolute Gasteiger partial charge is 0.326 e. The van der Waals surface area contributed by atoms with E-state index in [1.807, 2.05) is 42.5 Å². The summed E-state index contributed by atoms with van der Waals surface area (Å²) in [6.45, 7) is 2.56. The number of benzene rings is 2. The van der Waals surface area contributed by atoms with E-state index < -0.39 is 0 Å². The molecule has 0 saturated carbocycles. The first-order chi connectivity index (χ1) is 10.3. The van der Waals surface area contributed by atoms with Crippen molar-refractivity contribution in [1.82, 2.24) is 20.2 Å². The molecule has 3 rings (SSSR count). The maximum atomic E-state index is 5.83. The maximum absolute atomic E-state index is 5.83. The Morgan fingerprint density at radius 2 is 1.90 bits per heavy atom. The van der Waals surface area contributed by atoms with Gasteiger partial charge in [-0.1, -0.05) is 36.4 Å². The smallest absolute Gasteiger partial charge is 0.218 e. The van der Waals surface area contributed by atoms with E-state index in [1.54, 1.807) is 16.4 Å². The summed E-state index contributed by atoms with van der Waals surface area (Å²) >= 11 is 1.54. The molecular formula is C15H15N5S. The van der Waals surface area contributed by atoms with Crippen molar-refractivity contribution in [1.29, 1.82) is 0 Å². The van der Waals surface area contributed by atoms with Crippen LogP contribution >= 0.6 is 11.8 Å². The molecule has 3 aromatic rings. The molecule has 0 aliphatic heterocycles. The van der Waals surface area contributed by atoms with Gasteiger partial charge in [-0.2, -0.15) is 4.68 Å². The zero-order valence-corrected chi connectivity index (χ0v) is 12.4. The van der Waals surface area contributed by atoms with E-state index in [-0.39, 0.29) is 0 Å². The minimum absolute atomic E-state index is 0.497. The van der Waals surface area contributed by atoms with Crippen LogP contribution in [0.25, 0.3) is 5.69 Å². The number of rotatable bonds is 4. The van der Waals surface area contributed by atoms with Gasteiger partial charge >= 0.3 is 0 Å². The second-order valence-electron chi connectivity index (χ2n) is 4.58. The Hall–Kier alpha value is -2.18. The van der Waals surface area contributed by atoms with Crippen molar-refractivity contribution >= 4 is 11.8 Å². The molecule has 0 fully saturated rings. The van der Waals surface area contributed by atoms with Crippen molar-refractivity contribution in [3.8, 4) is 5.69 Å². The third-order valence-corrected chi connectivity index (χ3v) is 4.37. The molecule has 2 aromatic carbocycles. The number of aryl methyl sites for hydroxylation is 1. The Bertz CT molecular complexity index is 739. The third kappa shape index (κ3) is 2.81. The van der Waals surface area contributed by atoms with Gasteiger partial charge in [-0.3, -0.25) is 0 Å². The number of nitrogens with two attached hydrogens (primary N) is 1. The summed E-state index contributed by atoms with van der Waals surface area (Å²) in [5.74, 6) is 0. The molecule has 0 amide bonds. The molecule has 0 radical (unpaired) electrons. The number of para-hydroxylation sites is 1. The maximum Gasteiger partial charge on any atom is 0.218 e. The van der Waals surface area contributed by atoms with Gasteiger partial charge in [0.1, 0.15) is 0 Å². The lowest BCUT2D eigenvalue weighted by Gasteiger charge is -2.10. The molecule has 0 spiro atoms. The van der Waals surface area contributed by atoms with Crippen LogP contribution in [0, 0.1) is 6.92 Å². The molecule has 2 N–H and O–H groups in total. The zero-order valence-electron chi connectivity index (χ0n) is 11.6. The molecule has 106 valence electrons. The summed E-state index contributed by atoms with van der Waals surface area (Å²) in [5.41, 5.74) is 9.04. The van der Waals surface area contributed by atoms with E-state index in [0.29, 0.717) is 6.54 Å². The predicted octanol–water partition coefficient (Wildman–Crippen LogP) is 2.58. The van der Waals surface area contributed by atoms with Crippen LogP contribution in [-0.4, -0.2) is 20.2 Å². The van der Waals surface area contributed by atoms with Crippen LogP contribution in [0.5, 0.6) is 0 Å². The Balaban J connectivity index is 1.99. The highest BCUT2D eigenvalue weighted by Crippen LogP contribution is 2.32. The first-order valence-electron chi connectivity index (χ1n) is 6.60. The molecule has 0 aliphatic rings. The van der Waals surface area contributed by atoms with Crippen LogP contribution in [0.4, 0.5) is 0 Å². The minimum atomic E-state index is 0.497. The van der Waals surface area contributed by atoms with Crippen LogP contribution in [0.15, 0.2) is 58.6 Å². The molecule has 0 atom stereocenters. The van der Waals surface area contributed by atoms with Gasteiger partial charge in [-0.05, 0) is 52.4 Å². The Labute approximate surface area is 127 Å². The second-order valence-corrected chi connectivity index (χ2v) is 5.56. The molecule has 21 heavy (non-hydrogen) atoms. The van der Waals surface area contributed by atoms with Crippen LogP contribution in [0.1, 0.15) is 11.1 Å². The van der Waals surface area contributed by atoms with Crippen LogP contribution < -0.4 is 5.73 Å². The number of nitrogens with zero attached hydrogens (tertiary/aromatic N) is 4. The van der Waals surface area contributed by atoms with Crippen LogP contribution in [0.2, 0.25) is 0 Å². The van der Waals surface area contributed by atoms with Crippen molar-refractivity contribution in [3.05, 3.63) is 59.7 Å². The molecule has 1 aromatic heterocycles. The van der Waals surface area contributed by atoms with E-state index >= 15 is 0 Å². The molecule has 5 nitrogen and oxygen atoms in total. The van der Waals surface area contributed by atoms with E-state index in [9.17, 15) is 0 Å². The van der Waals surface area contributed by atoms with Gasteiger partial charge in [0.15, 0.2) is 0 Å². The highest BCUT2D eigenvalue weighted by atomic mass is 32.2. The molecule has 0 saturated heterocycles. The topological polar surface area (TPSA) is 69.6 Å². The summed E-state index contributed by atoms with van der Waals surface area (Å²) in [6.07, 6.45) is 0. The van der Waals surface area contributed by atoms with Crippen LogP contribution in [-0.2, 0) is 6.54 Å². The highest BCUT2D eigenvalue weighted by Gasteiger charge is 2.13. The van der Waals surface area contributed by atoms with Gasteiger partial charge in [-0.15, -0.1) is 5.10 Å². The molecule has 0 unspecified atom stereocenters. The third-order valence-electron chi connectivity index (χ3n) is 3.15. The van der Waals surface area contributed by atoms with Gasteiger partial charge in [0.2, 0.25) is 5.16 Å². The fourth-order valence-corrected chi connectivity index (χ4v) is 3.08. The van der Waals surface area contributed by atoms with Gasteiger partial charge in [0, 0.05) is 11.4 Å². The fourth-order valence-electron chi connectivity index (χ4n) is 2.09. The number of hydrogen-bond donors (Lipinski definition) is 1. The first kappa shape index (κ1) is 13.8. The van der Waals surface area contributed by atoms with E-state index in [4.69, 9.17) is 5.73 Å². The summed E-state index contributed by atoms with van der Waals surface area (Å²) in [7, 11) is 0. The van der Waals surface area contributed by atoms with Crippen LogP contribution in [0.3, 0.4) is 0 Å². The van der Waals surface area contributed by atoms with Gasteiger partial charge in [0.05, 0.1) is 5.69 Å². The van der Waals surface area contributed by atoms with E-state index in [1.165, 1.54) is 5.56 Å². The summed E-state index contributed by atoms with van der Waals surface area (Å²) < 4.78 is 1.73. The number of aromatic nitrogens is 4. The summed E-state index contributed by atoms with van der Waals surface area (Å²) in [5, 5.41) is 12.7. The summed E-state index contributed by atoms with van der Waals surface area (Å²) in [6, 6.07) is 16.0. The average Bonchev–Trinajstić information content (AvgIpc) is 2.98. The van der Waals surface area contributed by atoms with Crippen molar-refractivity contribution < 1.29 is 0 Å². The first-order valence-corrected chi connectivity index (χ1v) is 7.41. The minimum Gasteiger partial charge on any atom is -0.326 e. The Kier molecular flexibility index (Phi) is 3.98. The molecule has 1 heterocycles. The molecular weight excluding hydrogens is 282 g/mol. The Morgan fingerprint density at radius 3 is 2.67 bits per heavy atom. The standard InChI is InChI=1S/C15H15N5S/c1-11-6-5-7-12(10-16)14(11)21-15-17-18-19-20(15)13-8-3-2-4-9-13/h2-9H,10,16H2,1H3. The van der Waals surface area contributed by atoms with Crippen molar-refractivity contribution in [3.63, 3.8) is 0 Å². The van der Waals surface area contributed by atoms with E-state index in [2.05, 4.69) is 28.5 Å². The van der Waals surface area contributed by atoms with Crippen molar-refractivity contribution in [2.45, 2.75) is 23.5 Å². The monoisotopic (exact) mass is 297 g/mol. The van der Waals surface area contributed by atoms with Gasteiger partial charge in [-0.25, -0.2) is 0 Å². The molecule has 0 aliphatic carbocycles. The quantitative estimate of drug-likeness (QED) is 0.801. The lowest BCUT2D eigenvalue weighted by molar-refractivity contribution is 0.756. The normalized spacial score (nSPS) is 10.8. The lowest BCUT2D eigenvalue weighted by Crippen LogP contribution is -2.02. The summed E-state index contributed by atoms with van der Waals surface area (Å²) in [4.78, 5) is 1.12. The van der Waals surface area contributed by atoms with E-state index in [0.717, 1.165) is 21.3 Å². The lowest BCUT2D eigenvalue weighted by atomic mass is 10.1. The predicted molar refractivity (Wildman–Crippen MR) is 82.3 cm³/mol. The van der Waals surface area contributed by atoms with Gasteiger partial charge < -0.3 is 5.73 Å². The highest BCUT2D eigenvalue weighted by molar-refractivity contribution is 7.99. The Morgan fingerprint density at radius 1 is 1.10 bits per heavy atom. The van der Waals surface area contributed by atoms with Crippen molar-refractivity contribution in [2.75, 3.05) is 0 Å². The molecule has 0 bridgehead atoms.